The van der Waals surface area contributed by atoms with E-state index in [2.05, 4.69) is 30.7 Å². The van der Waals surface area contributed by atoms with E-state index >= 15 is 0 Å². The fraction of sp³-hybridized carbons (Fsp3) is 0.442. The number of hydrogen-bond donors (Lipinski definition) is 3. The number of halogens is 1. The number of carbonyl (C=O) groups excluding carboxylic acids is 5. The molecule has 6 heterocycles. The molecule has 0 aliphatic carbocycles. The molecule has 5 amide bonds. The second kappa shape index (κ2) is 17.0. The molecular weight excluding hydrogens is 790 g/mol. The standard InChI is InChI=1S/C43H48ClN9O7/c1-24(2)52-32-8-7-28(19-27(32)20-34(41(52)58)60-23-36(55)45-3)47-38-31(44)21-46-43(49-38)51-17-11-25(12-18-51)22-50-15-13-26(14-16-50)29-5-4-6-30-37(29)42(59)53(40(30)57)33-9-10-35(54)48-39(33)56/h4-8,19-21,24-26,33H,9-18,22-23H2,1-3H3,(H,45,55)(H,46,47,49)(H,48,54,56). The lowest BCUT2D eigenvalue weighted by Gasteiger charge is -2.38. The van der Waals surface area contributed by atoms with Crippen molar-refractivity contribution in [3.63, 3.8) is 0 Å². The van der Waals surface area contributed by atoms with Crippen molar-refractivity contribution in [1.29, 1.82) is 0 Å². The van der Waals surface area contributed by atoms with E-state index in [9.17, 15) is 28.8 Å². The number of likely N-dealkylation sites (N-methyl/N-ethyl adjacent to an activating group) is 1. The highest BCUT2D eigenvalue weighted by atomic mass is 35.5. The van der Waals surface area contributed by atoms with Gasteiger partial charge in [0.15, 0.2) is 18.2 Å². The van der Waals surface area contributed by atoms with Gasteiger partial charge in [0.05, 0.1) is 22.8 Å². The van der Waals surface area contributed by atoms with Crippen LogP contribution in [0.4, 0.5) is 17.5 Å². The van der Waals surface area contributed by atoms with E-state index in [-0.39, 0.29) is 48.6 Å². The van der Waals surface area contributed by atoms with Crippen LogP contribution in [0.15, 0.2) is 53.5 Å². The fourth-order valence-electron chi connectivity index (χ4n) is 8.95. The van der Waals surface area contributed by atoms with Gasteiger partial charge in [-0.3, -0.25) is 39.0 Å². The molecule has 314 valence electrons. The third-order valence-electron chi connectivity index (χ3n) is 12.1. The summed E-state index contributed by atoms with van der Waals surface area (Å²) in [6.07, 6.45) is 5.47. The van der Waals surface area contributed by atoms with Gasteiger partial charge in [-0.1, -0.05) is 23.7 Å². The van der Waals surface area contributed by atoms with Crippen LogP contribution in [-0.2, 0) is 14.4 Å². The first-order chi connectivity index (χ1) is 28.9. The number of aromatic nitrogens is 3. The Balaban J connectivity index is 0.871. The maximum absolute atomic E-state index is 13.7. The quantitative estimate of drug-likeness (QED) is 0.181. The largest absolute Gasteiger partial charge is 0.478 e. The number of likely N-dealkylation sites (tertiary alicyclic amines) is 1. The first-order valence-corrected chi connectivity index (χ1v) is 20.9. The molecule has 0 bridgehead atoms. The number of ether oxygens (including phenoxy) is 1. The number of benzene rings is 2. The molecule has 8 rings (SSSR count). The summed E-state index contributed by atoms with van der Waals surface area (Å²) in [5.41, 5.74) is 2.71. The molecule has 3 fully saturated rings. The summed E-state index contributed by atoms with van der Waals surface area (Å²) in [5, 5.41) is 9.20. The maximum atomic E-state index is 13.7. The highest BCUT2D eigenvalue weighted by molar-refractivity contribution is 6.33. The number of imide groups is 2. The van der Waals surface area contributed by atoms with Crippen LogP contribution >= 0.6 is 11.6 Å². The highest BCUT2D eigenvalue weighted by Gasteiger charge is 2.46. The van der Waals surface area contributed by atoms with Crippen LogP contribution in [0.2, 0.25) is 5.02 Å². The van der Waals surface area contributed by atoms with Crippen molar-refractivity contribution in [3.8, 4) is 5.75 Å². The molecule has 2 aromatic heterocycles. The Morgan fingerprint density at radius 1 is 0.967 bits per heavy atom. The predicted octanol–water partition coefficient (Wildman–Crippen LogP) is 4.39. The van der Waals surface area contributed by atoms with Crippen LogP contribution in [0.5, 0.6) is 5.75 Å². The topological polar surface area (TPSA) is 188 Å². The first kappa shape index (κ1) is 40.9. The molecule has 3 N–H and O–H groups in total. The van der Waals surface area contributed by atoms with Gasteiger partial charge in [0.1, 0.15) is 11.1 Å². The van der Waals surface area contributed by atoms with Gasteiger partial charge < -0.3 is 29.7 Å². The molecule has 17 heteroatoms. The molecule has 0 spiro atoms. The normalized spacial score (nSPS) is 19.2. The van der Waals surface area contributed by atoms with Gasteiger partial charge >= 0.3 is 0 Å². The SMILES string of the molecule is CNC(=O)COc1cc2cc(Nc3nc(N4CCC(CN5CCC(c6cccc7c6C(=O)N(C6CCC(=O)NC6=O)C7=O)CC5)CC4)ncc3Cl)ccc2n(C(C)C)c1=O. The van der Waals surface area contributed by atoms with Gasteiger partial charge in [0.25, 0.3) is 23.3 Å². The molecule has 3 saturated heterocycles. The van der Waals surface area contributed by atoms with E-state index in [1.54, 1.807) is 22.9 Å². The minimum absolute atomic E-state index is 0.0836. The Hall–Kier alpha value is -5.87. The van der Waals surface area contributed by atoms with Crippen molar-refractivity contribution in [1.82, 2.24) is 35.0 Å². The van der Waals surface area contributed by atoms with E-state index in [1.165, 1.54) is 7.05 Å². The molecule has 0 saturated carbocycles. The number of nitrogens with one attached hydrogen (secondary N) is 3. The summed E-state index contributed by atoms with van der Waals surface area (Å²) in [6.45, 7) is 7.85. The number of anilines is 3. The highest BCUT2D eigenvalue weighted by Crippen LogP contribution is 2.38. The monoisotopic (exact) mass is 837 g/mol. The number of rotatable bonds is 11. The molecule has 4 aliphatic rings. The zero-order chi connectivity index (χ0) is 42.2. The van der Waals surface area contributed by atoms with E-state index in [0.29, 0.717) is 39.5 Å². The summed E-state index contributed by atoms with van der Waals surface area (Å²) in [5.74, 6) is -0.526. The summed E-state index contributed by atoms with van der Waals surface area (Å²) in [7, 11) is 1.51. The zero-order valence-corrected chi connectivity index (χ0v) is 34.6. The minimum Gasteiger partial charge on any atom is -0.478 e. The summed E-state index contributed by atoms with van der Waals surface area (Å²) >= 11 is 6.60. The van der Waals surface area contributed by atoms with Crippen molar-refractivity contribution in [3.05, 3.63) is 80.7 Å². The minimum atomic E-state index is -0.982. The predicted molar refractivity (Wildman–Crippen MR) is 225 cm³/mol. The fourth-order valence-corrected chi connectivity index (χ4v) is 9.09. The van der Waals surface area contributed by atoms with Gasteiger partial charge in [-0.05, 0) is 107 Å². The van der Waals surface area contributed by atoms with Crippen LogP contribution in [0, 0.1) is 5.92 Å². The third kappa shape index (κ3) is 8.05. The van der Waals surface area contributed by atoms with Gasteiger partial charge in [-0.15, -0.1) is 0 Å². The molecular formula is C43H48ClN9O7. The Labute approximate surface area is 351 Å². The average molecular weight is 838 g/mol. The molecule has 60 heavy (non-hydrogen) atoms. The number of amides is 5. The van der Waals surface area contributed by atoms with E-state index in [4.69, 9.17) is 21.3 Å². The maximum Gasteiger partial charge on any atom is 0.293 e. The average Bonchev–Trinajstić information content (AvgIpc) is 3.49. The number of pyridine rings is 1. The smallest absolute Gasteiger partial charge is 0.293 e. The number of hydrogen-bond acceptors (Lipinski definition) is 12. The lowest BCUT2D eigenvalue weighted by molar-refractivity contribution is -0.136. The van der Waals surface area contributed by atoms with Crippen LogP contribution in [0.3, 0.4) is 0 Å². The van der Waals surface area contributed by atoms with Crippen molar-refractivity contribution in [2.24, 2.45) is 5.92 Å². The summed E-state index contributed by atoms with van der Waals surface area (Å²) in [6, 6.07) is 11.5. The molecule has 4 aliphatic heterocycles. The molecule has 16 nitrogen and oxygen atoms in total. The molecule has 2 aromatic carbocycles. The lowest BCUT2D eigenvalue weighted by atomic mass is 9.84. The van der Waals surface area contributed by atoms with Crippen molar-refractivity contribution < 1.29 is 28.7 Å². The lowest BCUT2D eigenvalue weighted by Crippen LogP contribution is -2.54. The van der Waals surface area contributed by atoms with Crippen LogP contribution in [0.25, 0.3) is 10.9 Å². The van der Waals surface area contributed by atoms with E-state index < -0.39 is 29.7 Å². The summed E-state index contributed by atoms with van der Waals surface area (Å²) < 4.78 is 7.25. The summed E-state index contributed by atoms with van der Waals surface area (Å²) in [4.78, 5) is 91.5. The van der Waals surface area contributed by atoms with Crippen LogP contribution in [-0.4, -0.2) is 106 Å². The number of fused-ring (bicyclic) bond motifs is 2. The number of nitrogens with zero attached hydrogens (tertiary/aromatic N) is 6. The van der Waals surface area contributed by atoms with Crippen molar-refractivity contribution >= 4 is 69.5 Å². The Morgan fingerprint density at radius 2 is 1.73 bits per heavy atom. The second-order valence-corrected chi connectivity index (χ2v) is 16.6. The molecule has 1 atom stereocenters. The third-order valence-corrected chi connectivity index (χ3v) is 12.4. The van der Waals surface area contributed by atoms with E-state index in [1.807, 2.05) is 44.2 Å². The van der Waals surface area contributed by atoms with E-state index in [0.717, 1.165) is 79.8 Å². The van der Waals surface area contributed by atoms with Crippen molar-refractivity contribution in [2.45, 2.75) is 70.4 Å². The van der Waals surface area contributed by atoms with Crippen molar-refractivity contribution in [2.75, 3.05) is 56.6 Å². The molecule has 4 aromatic rings. The zero-order valence-electron chi connectivity index (χ0n) is 33.8. The van der Waals surface area contributed by atoms with Crippen LogP contribution < -0.4 is 31.1 Å². The van der Waals surface area contributed by atoms with Gasteiger partial charge in [-0.2, -0.15) is 4.98 Å². The second-order valence-electron chi connectivity index (χ2n) is 16.2. The first-order valence-electron chi connectivity index (χ1n) is 20.5. The Bertz CT molecular complexity index is 2440. The molecule has 1 unspecified atom stereocenters. The van der Waals surface area contributed by atoms with Gasteiger partial charge in [0.2, 0.25) is 17.8 Å². The number of piperidine rings is 3. The van der Waals surface area contributed by atoms with Gasteiger partial charge in [-0.25, -0.2) is 4.98 Å². The Morgan fingerprint density at radius 3 is 2.45 bits per heavy atom. The number of carbonyl (C=O) groups is 5. The Kier molecular flexibility index (Phi) is 11.6. The van der Waals surface area contributed by atoms with Crippen LogP contribution in [0.1, 0.15) is 90.6 Å². The van der Waals surface area contributed by atoms with Gasteiger partial charge in [0, 0.05) is 50.2 Å². The molecule has 0 radical (unpaired) electrons.